The predicted molar refractivity (Wildman–Crippen MR) is 113 cm³/mol. The van der Waals surface area contributed by atoms with Gasteiger partial charge in [-0.1, -0.05) is 30.3 Å². The minimum absolute atomic E-state index is 0.0260. The predicted octanol–water partition coefficient (Wildman–Crippen LogP) is 3.98. The Morgan fingerprint density at radius 2 is 1.82 bits per heavy atom. The summed E-state index contributed by atoms with van der Waals surface area (Å²) in [6.07, 6.45) is 1.76. The molecular weight excluding hydrogens is 350 g/mol. The van der Waals surface area contributed by atoms with Crippen LogP contribution < -0.4 is 10.6 Å². The van der Waals surface area contributed by atoms with Crippen LogP contribution in [-0.2, 0) is 9.59 Å². The first kappa shape index (κ1) is 20.1. The molecule has 2 unspecified atom stereocenters. The number of carbonyl (C=O) groups is 2. The first-order chi connectivity index (χ1) is 13.4. The monoisotopic (exact) mass is 379 g/mol. The average Bonchev–Trinajstić information content (AvgIpc) is 2.71. The molecule has 5 nitrogen and oxygen atoms in total. The number of nitrogens with zero attached hydrogens (tertiary/aromatic N) is 1. The van der Waals surface area contributed by atoms with Gasteiger partial charge in [0.2, 0.25) is 11.8 Å². The van der Waals surface area contributed by atoms with Gasteiger partial charge in [0.25, 0.3) is 0 Å². The van der Waals surface area contributed by atoms with E-state index < -0.39 is 0 Å². The number of amides is 2. The van der Waals surface area contributed by atoms with Crippen molar-refractivity contribution in [1.29, 1.82) is 0 Å². The zero-order chi connectivity index (χ0) is 20.1. The second kappa shape index (κ2) is 9.02. The summed E-state index contributed by atoms with van der Waals surface area (Å²) in [4.78, 5) is 27.5. The van der Waals surface area contributed by atoms with Crippen LogP contribution in [0.5, 0.6) is 0 Å². The molecule has 0 aliphatic carbocycles. The lowest BCUT2D eigenvalue weighted by Gasteiger charge is -2.35. The normalized spacial score (nSPS) is 18.3. The lowest BCUT2D eigenvalue weighted by atomic mass is 9.95. The molecule has 0 bridgehead atoms. The zero-order valence-electron chi connectivity index (χ0n) is 16.9. The molecule has 0 saturated carbocycles. The fourth-order valence-corrected chi connectivity index (χ4v) is 3.61. The van der Waals surface area contributed by atoms with Crippen LogP contribution in [0.3, 0.4) is 0 Å². The molecule has 2 atom stereocenters. The molecule has 3 rings (SSSR count). The molecule has 148 valence electrons. The van der Waals surface area contributed by atoms with Crippen molar-refractivity contribution in [1.82, 2.24) is 4.90 Å². The van der Waals surface area contributed by atoms with Gasteiger partial charge in [-0.05, 0) is 69.5 Å². The third kappa shape index (κ3) is 4.98. The SMILES string of the molecule is Cc1ccc(C)c(NC(=O)C(C)N2CCCC(C(=O)Nc3ccccc3)C2)c1. The molecule has 28 heavy (non-hydrogen) atoms. The van der Waals surface area contributed by atoms with Crippen molar-refractivity contribution >= 4 is 23.2 Å². The van der Waals surface area contributed by atoms with Crippen LogP contribution in [-0.4, -0.2) is 35.8 Å². The summed E-state index contributed by atoms with van der Waals surface area (Å²) < 4.78 is 0. The van der Waals surface area contributed by atoms with Crippen molar-refractivity contribution in [3.05, 3.63) is 59.7 Å². The molecule has 2 amide bonds. The Morgan fingerprint density at radius 3 is 2.57 bits per heavy atom. The summed E-state index contributed by atoms with van der Waals surface area (Å²) in [5.41, 5.74) is 3.83. The zero-order valence-corrected chi connectivity index (χ0v) is 16.9. The molecule has 5 heteroatoms. The number of aryl methyl sites for hydroxylation is 2. The van der Waals surface area contributed by atoms with E-state index in [-0.39, 0.29) is 23.8 Å². The summed E-state index contributed by atoms with van der Waals surface area (Å²) in [5.74, 6) is -0.110. The van der Waals surface area contributed by atoms with Crippen molar-refractivity contribution in [3.8, 4) is 0 Å². The number of hydrogen-bond donors (Lipinski definition) is 2. The number of anilines is 2. The van der Waals surface area contributed by atoms with Crippen molar-refractivity contribution in [3.63, 3.8) is 0 Å². The number of hydrogen-bond acceptors (Lipinski definition) is 3. The van der Waals surface area contributed by atoms with Gasteiger partial charge in [0.05, 0.1) is 12.0 Å². The molecule has 2 aromatic rings. The van der Waals surface area contributed by atoms with Crippen molar-refractivity contribution < 1.29 is 9.59 Å². The third-order valence-electron chi connectivity index (χ3n) is 5.44. The highest BCUT2D eigenvalue weighted by atomic mass is 16.2. The van der Waals surface area contributed by atoms with E-state index in [4.69, 9.17) is 0 Å². The van der Waals surface area contributed by atoms with Crippen LogP contribution in [0.25, 0.3) is 0 Å². The van der Waals surface area contributed by atoms with Gasteiger partial charge >= 0.3 is 0 Å². The molecule has 1 aliphatic rings. The van der Waals surface area contributed by atoms with E-state index in [1.54, 1.807) is 0 Å². The maximum absolute atomic E-state index is 12.8. The van der Waals surface area contributed by atoms with Crippen LogP contribution in [0.15, 0.2) is 48.5 Å². The lowest BCUT2D eigenvalue weighted by Crippen LogP contribution is -2.49. The number of piperidine rings is 1. The van der Waals surface area contributed by atoms with Crippen LogP contribution in [0.4, 0.5) is 11.4 Å². The van der Waals surface area contributed by atoms with E-state index >= 15 is 0 Å². The summed E-state index contributed by atoms with van der Waals surface area (Å²) in [6.45, 7) is 7.35. The Hall–Kier alpha value is -2.66. The smallest absolute Gasteiger partial charge is 0.241 e. The van der Waals surface area contributed by atoms with Crippen LogP contribution in [0.1, 0.15) is 30.9 Å². The van der Waals surface area contributed by atoms with Gasteiger partial charge < -0.3 is 10.6 Å². The molecule has 2 N–H and O–H groups in total. The van der Waals surface area contributed by atoms with E-state index in [1.165, 1.54) is 0 Å². The van der Waals surface area contributed by atoms with Crippen molar-refractivity contribution in [2.45, 2.75) is 39.7 Å². The van der Waals surface area contributed by atoms with Crippen LogP contribution in [0, 0.1) is 19.8 Å². The second-order valence-electron chi connectivity index (χ2n) is 7.67. The maximum Gasteiger partial charge on any atom is 0.241 e. The molecule has 0 aromatic heterocycles. The van der Waals surface area contributed by atoms with Gasteiger partial charge in [0.15, 0.2) is 0 Å². The topological polar surface area (TPSA) is 61.4 Å². The van der Waals surface area contributed by atoms with Gasteiger partial charge in [-0.25, -0.2) is 0 Å². The molecule has 1 aliphatic heterocycles. The molecule has 2 aromatic carbocycles. The standard InChI is InChI=1S/C23H29N3O2/c1-16-11-12-17(2)21(14-16)25-22(27)18(3)26-13-7-8-19(15-26)23(28)24-20-9-5-4-6-10-20/h4-6,9-12,14,18-19H,7-8,13,15H2,1-3H3,(H,24,28)(H,25,27). The molecule has 1 saturated heterocycles. The van der Waals surface area contributed by atoms with Gasteiger partial charge in [-0.3, -0.25) is 14.5 Å². The van der Waals surface area contributed by atoms with Gasteiger partial charge in [-0.2, -0.15) is 0 Å². The first-order valence-electron chi connectivity index (χ1n) is 9.92. The Balaban J connectivity index is 1.60. The van der Waals surface area contributed by atoms with E-state index in [0.29, 0.717) is 6.54 Å². The number of carbonyl (C=O) groups excluding carboxylic acids is 2. The Bertz CT molecular complexity index is 835. The largest absolute Gasteiger partial charge is 0.326 e. The number of nitrogens with one attached hydrogen (secondary N) is 2. The molecule has 0 radical (unpaired) electrons. The summed E-state index contributed by atoms with van der Waals surface area (Å²) >= 11 is 0. The molecule has 1 fully saturated rings. The Labute approximate surface area is 167 Å². The number of rotatable bonds is 5. The Morgan fingerprint density at radius 1 is 1.07 bits per heavy atom. The van der Waals surface area contributed by atoms with Gasteiger partial charge in [0.1, 0.15) is 0 Å². The third-order valence-corrected chi connectivity index (χ3v) is 5.44. The summed E-state index contributed by atoms with van der Waals surface area (Å²) in [6, 6.07) is 15.3. The molecular formula is C23H29N3O2. The Kier molecular flexibility index (Phi) is 6.47. The quantitative estimate of drug-likeness (QED) is 0.826. The second-order valence-corrected chi connectivity index (χ2v) is 7.67. The number of benzene rings is 2. The molecule has 1 heterocycles. The first-order valence-corrected chi connectivity index (χ1v) is 9.92. The van der Waals surface area contributed by atoms with E-state index in [1.807, 2.05) is 69.3 Å². The summed E-state index contributed by atoms with van der Waals surface area (Å²) in [5, 5.41) is 6.04. The highest BCUT2D eigenvalue weighted by Crippen LogP contribution is 2.22. The van der Waals surface area contributed by atoms with E-state index in [0.717, 1.165) is 41.9 Å². The fraction of sp³-hybridized carbons (Fsp3) is 0.391. The van der Waals surface area contributed by atoms with Gasteiger partial charge in [-0.15, -0.1) is 0 Å². The number of likely N-dealkylation sites (tertiary alicyclic amines) is 1. The maximum atomic E-state index is 12.8. The van der Waals surface area contributed by atoms with Crippen molar-refractivity contribution in [2.24, 2.45) is 5.92 Å². The average molecular weight is 380 g/mol. The molecule has 0 spiro atoms. The van der Waals surface area contributed by atoms with Gasteiger partial charge in [0, 0.05) is 17.9 Å². The van der Waals surface area contributed by atoms with Crippen molar-refractivity contribution in [2.75, 3.05) is 23.7 Å². The minimum atomic E-state index is -0.285. The minimum Gasteiger partial charge on any atom is -0.326 e. The highest BCUT2D eigenvalue weighted by Gasteiger charge is 2.31. The number of para-hydroxylation sites is 1. The van der Waals surface area contributed by atoms with E-state index in [9.17, 15) is 9.59 Å². The summed E-state index contributed by atoms with van der Waals surface area (Å²) in [7, 11) is 0. The van der Waals surface area contributed by atoms with Crippen LogP contribution >= 0.6 is 0 Å². The highest BCUT2D eigenvalue weighted by molar-refractivity contribution is 5.95. The fourth-order valence-electron chi connectivity index (χ4n) is 3.61. The van der Waals surface area contributed by atoms with E-state index in [2.05, 4.69) is 15.5 Å². The van der Waals surface area contributed by atoms with Crippen LogP contribution in [0.2, 0.25) is 0 Å². The lowest BCUT2D eigenvalue weighted by molar-refractivity contribution is -0.125.